The summed E-state index contributed by atoms with van der Waals surface area (Å²) >= 11 is 1.71. The maximum atomic E-state index is 8.39. The lowest BCUT2D eigenvalue weighted by atomic mass is 10.2. The minimum atomic E-state index is 0.889. The van der Waals surface area contributed by atoms with Gasteiger partial charge in [-0.2, -0.15) is 0 Å². The highest BCUT2D eigenvalue weighted by molar-refractivity contribution is 7.99. The van der Waals surface area contributed by atoms with Crippen molar-refractivity contribution < 1.29 is 5.21 Å². The van der Waals surface area contributed by atoms with Crippen LogP contribution in [0.1, 0.15) is 5.56 Å². The highest BCUT2D eigenvalue weighted by atomic mass is 32.2. The topological polar surface area (TPSA) is 32.6 Å². The Hall–Kier alpha value is -1.74. The van der Waals surface area contributed by atoms with Crippen molar-refractivity contribution in [1.29, 1.82) is 0 Å². The fourth-order valence-electron chi connectivity index (χ4n) is 1.31. The normalized spacial score (nSPS) is 10.8. The zero-order chi connectivity index (χ0) is 11.2. The van der Waals surface area contributed by atoms with Crippen LogP contribution in [0.5, 0.6) is 0 Å². The highest BCUT2D eigenvalue weighted by Crippen LogP contribution is 2.26. The van der Waals surface area contributed by atoms with Gasteiger partial charge in [0.1, 0.15) is 0 Å². The zero-order valence-corrected chi connectivity index (χ0v) is 9.39. The minimum Gasteiger partial charge on any atom is -0.411 e. The number of oxime groups is 1. The number of hydrogen-bond donors (Lipinski definition) is 1. The molecule has 0 aliphatic rings. The lowest BCUT2D eigenvalue weighted by Crippen LogP contribution is -1.80. The third-order valence-corrected chi connectivity index (χ3v) is 3.08. The Morgan fingerprint density at radius 3 is 2.12 bits per heavy atom. The molecule has 1 N–H and O–H groups in total. The van der Waals surface area contributed by atoms with Crippen LogP contribution in [0.2, 0.25) is 0 Å². The van der Waals surface area contributed by atoms with Crippen LogP contribution in [0.3, 0.4) is 0 Å². The zero-order valence-electron chi connectivity index (χ0n) is 8.58. The van der Waals surface area contributed by atoms with Gasteiger partial charge in [0.05, 0.1) is 6.21 Å². The number of hydrogen-bond acceptors (Lipinski definition) is 3. The monoisotopic (exact) mass is 229 g/mol. The average molecular weight is 229 g/mol. The molecule has 0 radical (unpaired) electrons. The second kappa shape index (κ2) is 5.37. The first-order valence-corrected chi connectivity index (χ1v) is 5.70. The third kappa shape index (κ3) is 2.87. The van der Waals surface area contributed by atoms with E-state index in [0.29, 0.717) is 0 Å². The molecular formula is C13H11NOS. The smallest absolute Gasteiger partial charge is 0.0733 e. The predicted octanol–water partition coefficient (Wildman–Crippen LogP) is 3.65. The van der Waals surface area contributed by atoms with Crippen molar-refractivity contribution >= 4 is 18.0 Å². The van der Waals surface area contributed by atoms with Gasteiger partial charge in [0.2, 0.25) is 0 Å². The Kier molecular flexibility index (Phi) is 3.62. The van der Waals surface area contributed by atoms with Crippen molar-refractivity contribution in [1.82, 2.24) is 0 Å². The summed E-state index contributed by atoms with van der Waals surface area (Å²) in [7, 11) is 0. The maximum absolute atomic E-state index is 8.39. The fraction of sp³-hybridized carbons (Fsp3) is 0. The van der Waals surface area contributed by atoms with Crippen LogP contribution in [0.15, 0.2) is 69.5 Å². The summed E-state index contributed by atoms with van der Waals surface area (Å²) in [5, 5.41) is 11.4. The number of benzene rings is 2. The van der Waals surface area contributed by atoms with Crippen LogP contribution >= 0.6 is 11.8 Å². The lowest BCUT2D eigenvalue weighted by molar-refractivity contribution is 0.322. The molecule has 0 unspecified atom stereocenters. The van der Waals surface area contributed by atoms with Gasteiger partial charge >= 0.3 is 0 Å². The van der Waals surface area contributed by atoms with Gasteiger partial charge in [-0.3, -0.25) is 0 Å². The molecule has 0 atom stereocenters. The van der Waals surface area contributed by atoms with Gasteiger partial charge < -0.3 is 5.21 Å². The van der Waals surface area contributed by atoms with Gasteiger partial charge in [0.15, 0.2) is 0 Å². The van der Waals surface area contributed by atoms with E-state index in [-0.39, 0.29) is 0 Å². The Balaban J connectivity index is 2.11. The van der Waals surface area contributed by atoms with E-state index in [9.17, 15) is 0 Å². The second-order valence-corrected chi connectivity index (χ2v) is 4.38. The van der Waals surface area contributed by atoms with Gasteiger partial charge in [0.25, 0.3) is 0 Å². The van der Waals surface area contributed by atoms with Crippen molar-refractivity contribution in [2.24, 2.45) is 5.16 Å². The molecule has 0 aromatic heterocycles. The van der Waals surface area contributed by atoms with Gasteiger partial charge in [-0.15, -0.1) is 0 Å². The van der Waals surface area contributed by atoms with Crippen molar-refractivity contribution in [3.8, 4) is 0 Å². The molecule has 0 heterocycles. The van der Waals surface area contributed by atoms with Crippen LogP contribution in [0.4, 0.5) is 0 Å². The van der Waals surface area contributed by atoms with Crippen molar-refractivity contribution in [2.45, 2.75) is 9.79 Å². The molecule has 0 aliphatic heterocycles. The second-order valence-electron chi connectivity index (χ2n) is 3.23. The summed E-state index contributed by atoms with van der Waals surface area (Å²) in [6, 6.07) is 18.1. The molecule has 16 heavy (non-hydrogen) atoms. The van der Waals surface area contributed by atoms with Crippen LogP contribution < -0.4 is 0 Å². The molecule has 2 rings (SSSR count). The maximum Gasteiger partial charge on any atom is 0.0733 e. The standard InChI is InChI=1S/C13H11NOS/c15-14-10-11-6-8-13(9-7-11)16-12-4-2-1-3-5-12/h1-10,15H/b14-10+. The Labute approximate surface area is 98.6 Å². The van der Waals surface area contributed by atoms with Crippen LogP contribution in [-0.4, -0.2) is 11.4 Å². The molecule has 3 heteroatoms. The Morgan fingerprint density at radius 2 is 1.50 bits per heavy atom. The molecule has 0 aliphatic carbocycles. The van der Waals surface area contributed by atoms with E-state index in [2.05, 4.69) is 17.3 Å². The summed E-state index contributed by atoms with van der Waals surface area (Å²) in [5.41, 5.74) is 0.889. The van der Waals surface area contributed by atoms with E-state index in [4.69, 9.17) is 5.21 Å². The molecule has 0 saturated heterocycles. The molecule has 2 nitrogen and oxygen atoms in total. The molecule has 0 saturated carbocycles. The lowest BCUT2D eigenvalue weighted by Gasteiger charge is -2.01. The van der Waals surface area contributed by atoms with Gasteiger partial charge in [-0.1, -0.05) is 47.2 Å². The summed E-state index contributed by atoms with van der Waals surface area (Å²) in [5.74, 6) is 0. The minimum absolute atomic E-state index is 0.889. The van der Waals surface area contributed by atoms with Crippen LogP contribution in [0.25, 0.3) is 0 Å². The molecule has 0 fully saturated rings. The molecular weight excluding hydrogens is 218 g/mol. The first kappa shape index (κ1) is 10.8. The molecule has 0 bridgehead atoms. The first-order valence-electron chi connectivity index (χ1n) is 4.89. The molecule has 0 spiro atoms. The molecule has 0 amide bonds. The Bertz CT molecular complexity index is 465. The van der Waals surface area contributed by atoms with E-state index < -0.39 is 0 Å². The van der Waals surface area contributed by atoms with Crippen molar-refractivity contribution in [3.05, 3.63) is 60.2 Å². The van der Waals surface area contributed by atoms with Gasteiger partial charge in [0, 0.05) is 9.79 Å². The molecule has 80 valence electrons. The summed E-state index contributed by atoms with van der Waals surface area (Å²) in [4.78, 5) is 2.38. The van der Waals surface area contributed by atoms with E-state index in [1.54, 1.807) is 11.8 Å². The third-order valence-electron chi connectivity index (χ3n) is 2.07. The quantitative estimate of drug-likeness (QED) is 0.495. The summed E-state index contributed by atoms with van der Waals surface area (Å²) in [6.45, 7) is 0. The van der Waals surface area contributed by atoms with Crippen LogP contribution in [0, 0.1) is 0 Å². The van der Waals surface area contributed by atoms with Gasteiger partial charge in [-0.05, 0) is 29.8 Å². The number of rotatable bonds is 3. The first-order chi connectivity index (χ1) is 7.88. The van der Waals surface area contributed by atoms with E-state index in [1.807, 2.05) is 42.5 Å². The van der Waals surface area contributed by atoms with E-state index >= 15 is 0 Å². The van der Waals surface area contributed by atoms with E-state index in [0.717, 1.165) is 5.56 Å². The Morgan fingerprint density at radius 1 is 0.875 bits per heavy atom. The SMILES string of the molecule is O/N=C/c1ccc(Sc2ccccc2)cc1. The largest absolute Gasteiger partial charge is 0.411 e. The van der Waals surface area contributed by atoms with E-state index in [1.165, 1.54) is 16.0 Å². The average Bonchev–Trinajstić information content (AvgIpc) is 2.33. The number of nitrogens with zero attached hydrogens (tertiary/aromatic N) is 1. The van der Waals surface area contributed by atoms with Crippen LogP contribution in [-0.2, 0) is 0 Å². The summed E-state index contributed by atoms with van der Waals surface area (Å²) in [6.07, 6.45) is 1.41. The fourth-order valence-corrected chi connectivity index (χ4v) is 2.15. The highest BCUT2D eigenvalue weighted by Gasteiger charge is 1.96. The molecule has 2 aromatic rings. The summed E-state index contributed by atoms with van der Waals surface area (Å²) < 4.78 is 0. The van der Waals surface area contributed by atoms with Gasteiger partial charge in [-0.25, -0.2) is 0 Å². The van der Waals surface area contributed by atoms with Crippen molar-refractivity contribution in [3.63, 3.8) is 0 Å². The molecule has 2 aromatic carbocycles. The van der Waals surface area contributed by atoms with Crippen molar-refractivity contribution in [2.75, 3.05) is 0 Å². The predicted molar refractivity (Wildman–Crippen MR) is 66.4 cm³/mol.